The van der Waals surface area contributed by atoms with E-state index in [2.05, 4.69) is 0 Å². The Hall–Kier alpha value is -0.650. The Bertz CT molecular complexity index is 145. The highest BCUT2D eigenvalue weighted by molar-refractivity contribution is 5.76. The molecule has 0 unspecified atom stereocenters. The minimum Gasteiger partial charge on any atom is -0.383 e. The first-order valence-corrected chi connectivity index (χ1v) is 4.72. The van der Waals surface area contributed by atoms with Crippen molar-refractivity contribution in [2.24, 2.45) is 5.73 Å². The Labute approximate surface area is 85.1 Å². The van der Waals surface area contributed by atoms with Crippen LogP contribution in [0.1, 0.15) is 6.42 Å². The van der Waals surface area contributed by atoms with Crippen LogP contribution in [0.2, 0.25) is 0 Å². The van der Waals surface area contributed by atoms with E-state index in [9.17, 15) is 4.79 Å². The van der Waals surface area contributed by atoms with Crippen molar-refractivity contribution in [2.75, 3.05) is 47.1 Å². The summed E-state index contributed by atoms with van der Waals surface area (Å²) in [6, 6.07) is 0. The second-order valence-electron chi connectivity index (χ2n) is 2.91. The van der Waals surface area contributed by atoms with E-state index >= 15 is 0 Å². The Balaban J connectivity index is 3.88. The zero-order chi connectivity index (χ0) is 10.8. The van der Waals surface area contributed by atoms with E-state index < -0.39 is 0 Å². The number of rotatable bonds is 8. The highest BCUT2D eigenvalue weighted by Gasteiger charge is 2.11. The van der Waals surface area contributed by atoms with Crippen LogP contribution in [-0.2, 0) is 14.3 Å². The van der Waals surface area contributed by atoms with Gasteiger partial charge in [-0.2, -0.15) is 0 Å². The number of carbonyl (C=O) groups is 1. The molecule has 0 aromatic carbocycles. The molecule has 0 spiro atoms. The van der Waals surface area contributed by atoms with E-state index in [0.717, 1.165) is 0 Å². The van der Waals surface area contributed by atoms with Gasteiger partial charge >= 0.3 is 0 Å². The topological polar surface area (TPSA) is 64.8 Å². The summed E-state index contributed by atoms with van der Waals surface area (Å²) in [4.78, 5) is 13.2. The van der Waals surface area contributed by atoms with E-state index in [1.807, 2.05) is 0 Å². The largest absolute Gasteiger partial charge is 0.383 e. The molecule has 0 aromatic heterocycles. The lowest BCUT2D eigenvalue weighted by atomic mass is 10.3. The lowest BCUT2D eigenvalue weighted by Gasteiger charge is -2.21. The fourth-order valence-corrected chi connectivity index (χ4v) is 1.05. The second-order valence-corrected chi connectivity index (χ2v) is 2.91. The lowest BCUT2D eigenvalue weighted by molar-refractivity contribution is -0.132. The molecule has 0 aliphatic heterocycles. The zero-order valence-electron chi connectivity index (χ0n) is 8.99. The molecule has 0 fully saturated rings. The number of hydrogen-bond donors (Lipinski definition) is 1. The molecule has 5 heteroatoms. The standard InChI is InChI=1S/C9H20N2O3/c1-13-7-5-11(6-8-14-2)9(12)3-4-10/h3-8,10H2,1-2H3. The number of carbonyl (C=O) groups excluding carboxylic acids is 1. The second kappa shape index (κ2) is 8.93. The first-order chi connectivity index (χ1) is 6.76. The van der Waals surface area contributed by atoms with Crippen LogP contribution in [0.25, 0.3) is 0 Å². The van der Waals surface area contributed by atoms with Crippen molar-refractivity contribution in [3.63, 3.8) is 0 Å². The molecule has 0 rings (SSSR count). The van der Waals surface area contributed by atoms with Gasteiger partial charge in [0.15, 0.2) is 0 Å². The SMILES string of the molecule is COCCN(CCOC)C(=O)CCN. The van der Waals surface area contributed by atoms with E-state index in [0.29, 0.717) is 39.3 Å². The molecule has 14 heavy (non-hydrogen) atoms. The van der Waals surface area contributed by atoms with Gasteiger partial charge in [-0.05, 0) is 0 Å². The minimum atomic E-state index is 0.0570. The van der Waals surface area contributed by atoms with Gasteiger partial charge in [-0.1, -0.05) is 0 Å². The molecule has 0 radical (unpaired) electrons. The Morgan fingerprint density at radius 3 is 2.07 bits per heavy atom. The molecule has 2 N–H and O–H groups in total. The summed E-state index contributed by atoms with van der Waals surface area (Å²) in [6.45, 7) is 2.66. The van der Waals surface area contributed by atoms with Crippen LogP contribution >= 0.6 is 0 Å². The summed E-state index contributed by atoms with van der Waals surface area (Å²) in [5.41, 5.74) is 5.31. The van der Waals surface area contributed by atoms with Crippen LogP contribution in [-0.4, -0.2) is 57.9 Å². The summed E-state index contributed by atoms with van der Waals surface area (Å²) in [5.74, 6) is 0.0570. The summed E-state index contributed by atoms with van der Waals surface area (Å²) in [5, 5.41) is 0. The van der Waals surface area contributed by atoms with Crippen LogP contribution in [0.4, 0.5) is 0 Å². The van der Waals surface area contributed by atoms with E-state index in [4.69, 9.17) is 15.2 Å². The van der Waals surface area contributed by atoms with Gasteiger partial charge in [0, 0.05) is 40.3 Å². The van der Waals surface area contributed by atoms with Gasteiger partial charge in [-0.15, -0.1) is 0 Å². The maximum atomic E-state index is 11.5. The van der Waals surface area contributed by atoms with Crippen molar-refractivity contribution in [1.82, 2.24) is 4.90 Å². The molecule has 5 nitrogen and oxygen atoms in total. The molecular formula is C9H20N2O3. The average Bonchev–Trinajstić information content (AvgIpc) is 2.18. The van der Waals surface area contributed by atoms with Crippen LogP contribution in [0.5, 0.6) is 0 Å². The Morgan fingerprint density at radius 1 is 1.21 bits per heavy atom. The number of hydrogen-bond acceptors (Lipinski definition) is 4. The molecule has 0 saturated heterocycles. The van der Waals surface area contributed by atoms with Gasteiger partial charge in [-0.25, -0.2) is 0 Å². The highest BCUT2D eigenvalue weighted by atomic mass is 16.5. The highest BCUT2D eigenvalue weighted by Crippen LogP contribution is 1.93. The van der Waals surface area contributed by atoms with Crippen LogP contribution in [0, 0.1) is 0 Å². The lowest BCUT2D eigenvalue weighted by Crippen LogP contribution is -2.37. The average molecular weight is 204 g/mol. The molecule has 0 aromatic rings. The smallest absolute Gasteiger partial charge is 0.223 e. The first kappa shape index (κ1) is 13.4. The molecule has 0 bridgehead atoms. The van der Waals surface area contributed by atoms with Crippen molar-refractivity contribution >= 4 is 5.91 Å². The summed E-state index contributed by atoms with van der Waals surface area (Å²) in [6.07, 6.45) is 0.382. The van der Waals surface area contributed by atoms with Crippen LogP contribution < -0.4 is 5.73 Å². The van der Waals surface area contributed by atoms with Crippen molar-refractivity contribution in [2.45, 2.75) is 6.42 Å². The Morgan fingerprint density at radius 2 is 1.71 bits per heavy atom. The molecule has 0 heterocycles. The molecule has 0 atom stereocenters. The van der Waals surface area contributed by atoms with Crippen molar-refractivity contribution in [3.05, 3.63) is 0 Å². The van der Waals surface area contributed by atoms with Gasteiger partial charge < -0.3 is 20.1 Å². The van der Waals surface area contributed by atoms with Crippen molar-refractivity contribution in [1.29, 1.82) is 0 Å². The number of nitrogens with zero attached hydrogens (tertiary/aromatic N) is 1. The third-order valence-electron chi connectivity index (χ3n) is 1.84. The molecular weight excluding hydrogens is 184 g/mol. The quantitative estimate of drug-likeness (QED) is 0.576. The summed E-state index contributed by atoms with van der Waals surface area (Å²) >= 11 is 0. The fraction of sp³-hybridized carbons (Fsp3) is 0.889. The van der Waals surface area contributed by atoms with E-state index in [1.54, 1.807) is 19.1 Å². The first-order valence-electron chi connectivity index (χ1n) is 4.72. The number of nitrogens with two attached hydrogens (primary N) is 1. The molecule has 84 valence electrons. The van der Waals surface area contributed by atoms with Crippen molar-refractivity contribution in [3.8, 4) is 0 Å². The maximum absolute atomic E-state index is 11.5. The van der Waals surface area contributed by atoms with Crippen LogP contribution in [0.3, 0.4) is 0 Å². The van der Waals surface area contributed by atoms with E-state index in [1.165, 1.54) is 0 Å². The normalized spacial score (nSPS) is 10.2. The van der Waals surface area contributed by atoms with Gasteiger partial charge in [0.05, 0.1) is 13.2 Å². The predicted molar refractivity (Wildman–Crippen MR) is 54.0 cm³/mol. The molecule has 0 aliphatic rings. The fourth-order valence-electron chi connectivity index (χ4n) is 1.05. The molecule has 0 aliphatic carbocycles. The van der Waals surface area contributed by atoms with Gasteiger partial charge in [0.25, 0.3) is 0 Å². The minimum absolute atomic E-state index is 0.0570. The van der Waals surface area contributed by atoms with E-state index in [-0.39, 0.29) is 5.91 Å². The van der Waals surface area contributed by atoms with Gasteiger partial charge in [-0.3, -0.25) is 4.79 Å². The molecule has 1 amide bonds. The molecule has 0 saturated carbocycles. The van der Waals surface area contributed by atoms with Gasteiger partial charge in [0.1, 0.15) is 0 Å². The summed E-state index contributed by atoms with van der Waals surface area (Å²) < 4.78 is 9.83. The number of methoxy groups -OCH3 is 2. The van der Waals surface area contributed by atoms with Crippen LogP contribution in [0.15, 0.2) is 0 Å². The van der Waals surface area contributed by atoms with Gasteiger partial charge in [0.2, 0.25) is 5.91 Å². The Kier molecular flexibility index (Phi) is 8.51. The third-order valence-corrected chi connectivity index (χ3v) is 1.84. The number of ether oxygens (including phenoxy) is 2. The number of amides is 1. The zero-order valence-corrected chi connectivity index (χ0v) is 8.99. The third kappa shape index (κ3) is 5.90. The monoisotopic (exact) mass is 204 g/mol. The predicted octanol–water partition coefficient (Wildman–Crippen LogP) is -0.543. The summed E-state index contributed by atoms with van der Waals surface area (Å²) in [7, 11) is 3.23. The van der Waals surface area contributed by atoms with Crippen molar-refractivity contribution < 1.29 is 14.3 Å². The maximum Gasteiger partial charge on any atom is 0.223 e.